The Morgan fingerprint density at radius 1 is 1.17 bits per heavy atom. The van der Waals surface area contributed by atoms with Gasteiger partial charge in [0.1, 0.15) is 11.3 Å². The second-order valence-corrected chi connectivity index (χ2v) is 5.01. The van der Waals surface area contributed by atoms with E-state index in [-0.39, 0.29) is 11.4 Å². The maximum atomic E-state index is 12.2. The van der Waals surface area contributed by atoms with Gasteiger partial charge in [0, 0.05) is 23.2 Å². The van der Waals surface area contributed by atoms with Crippen molar-refractivity contribution < 1.29 is 19.1 Å². The molecule has 0 aliphatic carbocycles. The fourth-order valence-electron chi connectivity index (χ4n) is 2.18. The van der Waals surface area contributed by atoms with Crippen molar-refractivity contribution in [3.8, 4) is 0 Å². The summed E-state index contributed by atoms with van der Waals surface area (Å²) in [4.78, 5) is 41.8. The second-order valence-electron chi connectivity index (χ2n) is 5.01. The SMILES string of the molecule is Cc1cc(=O)oc2cc(NC(=O)c3cncc(C(=O)O)n3)ccc12. The number of fused-ring (bicyclic) bond motifs is 1. The molecule has 0 spiro atoms. The zero-order chi connectivity index (χ0) is 17.3. The van der Waals surface area contributed by atoms with Crippen molar-refractivity contribution in [2.75, 3.05) is 5.32 Å². The third-order valence-corrected chi connectivity index (χ3v) is 3.30. The number of hydrogen-bond acceptors (Lipinski definition) is 6. The molecule has 1 aromatic carbocycles. The second kappa shape index (κ2) is 5.92. The third-order valence-electron chi connectivity index (χ3n) is 3.30. The van der Waals surface area contributed by atoms with E-state index in [0.717, 1.165) is 23.3 Å². The predicted octanol–water partition coefficient (Wildman–Crippen LogP) is 1.84. The molecule has 0 atom stereocenters. The average molecular weight is 325 g/mol. The number of aromatic nitrogens is 2. The third kappa shape index (κ3) is 2.98. The lowest BCUT2D eigenvalue weighted by atomic mass is 10.1. The van der Waals surface area contributed by atoms with E-state index >= 15 is 0 Å². The summed E-state index contributed by atoms with van der Waals surface area (Å²) in [5, 5.41) is 12.2. The first-order valence-electron chi connectivity index (χ1n) is 6.85. The molecule has 0 aliphatic rings. The van der Waals surface area contributed by atoms with E-state index < -0.39 is 17.5 Å². The van der Waals surface area contributed by atoms with Crippen LogP contribution in [-0.4, -0.2) is 27.0 Å². The summed E-state index contributed by atoms with van der Waals surface area (Å²) >= 11 is 0. The maximum Gasteiger partial charge on any atom is 0.356 e. The van der Waals surface area contributed by atoms with Crippen LogP contribution in [0, 0.1) is 6.92 Å². The molecule has 24 heavy (non-hydrogen) atoms. The van der Waals surface area contributed by atoms with Crippen LogP contribution in [0.3, 0.4) is 0 Å². The van der Waals surface area contributed by atoms with Crippen molar-refractivity contribution in [2.24, 2.45) is 0 Å². The van der Waals surface area contributed by atoms with Gasteiger partial charge in [-0.2, -0.15) is 0 Å². The van der Waals surface area contributed by atoms with Crippen LogP contribution in [0.15, 0.2) is 45.9 Å². The van der Waals surface area contributed by atoms with Crippen LogP contribution >= 0.6 is 0 Å². The lowest BCUT2D eigenvalue weighted by Crippen LogP contribution is -2.16. The minimum absolute atomic E-state index is 0.138. The molecule has 3 aromatic rings. The number of aryl methyl sites for hydroxylation is 1. The average Bonchev–Trinajstić information content (AvgIpc) is 2.54. The minimum Gasteiger partial charge on any atom is -0.476 e. The number of carbonyl (C=O) groups excluding carboxylic acids is 1. The molecule has 8 heteroatoms. The topological polar surface area (TPSA) is 122 Å². The van der Waals surface area contributed by atoms with Crippen LogP contribution in [-0.2, 0) is 0 Å². The van der Waals surface area contributed by atoms with Crippen molar-refractivity contribution in [2.45, 2.75) is 6.92 Å². The molecular weight excluding hydrogens is 314 g/mol. The van der Waals surface area contributed by atoms with Gasteiger partial charge in [0.15, 0.2) is 5.69 Å². The molecule has 0 aliphatic heterocycles. The number of carbonyl (C=O) groups is 2. The summed E-state index contributed by atoms with van der Waals surface area (Å²) in [5.41, 5.74) is 0.526. The van der Waals surface area contributed by atoms with E-state index in [9.17, 15) is 14.4 Å². The van der Waals surface area contributed by atoms with Crippen LogP contribution in [0.1, 0.15) is 26.5 Å². The van der Waals surface area contributed by atoms with Crippen molar-refractivity contribution in [3.05, 3.63) is 64.0 Å². The summed E-state index contributed by atoms with van der Waals surface area (Å²) in [6.45, 7) is 1.78. The zero-order valence-corrected chi connectivity index (χ0v) is 12.4. The fraction of sp³-hybridized carbons (Fsp3) is 0.0625. The largest absolute Gasteiger partial charge is 0.476 e. The highest BCUT2D eigenvalue weighted by atomic mass is 16.4. The number of anilines is 1. The van der Waals surface area contributed by atoms with E-state index in [2.05, 4.69) is 15.3 Å². The smallest absolute Gasteiger partial charge is 0.356 e. The summed E-state index contributed by atoms with van der Waals surface area (Å²) in [7, 11) is 0. The van der Waals surface area contributed by atoms with Crippen molar-refractivity contribution in [1.29, 1.82) is 0 Å². The fourth-order valence-corrected chi connectivity index (χ4v) is 2.18. The van der Waals surface area contributed by atoms with Crippen molar-refractivity contribution >= 4 is 28.5 Å². The first-order valence-corrected chi connectivity index (χ1v) is 6.85. The summed E-state index contributed by atoms with van der Waals surface area (Å²) < 4.78 is 5.11. The van der Waals surface area contributed by atoms with Crippen LogP contribution < -0.4 is 10.9 Å². The zero-order valence-electron chi connectivity index (χ0n) is 12.4. The van der Waals surface area contributed by atoms with Crippen LogP contribution in [0.5, 0.6) is 0 Å². The molecule has 2 N–H and O–H groups in total. The Kier molecular flexibility index (Phi) is 3.78. The Morgan fingerprint density at radius 2 is 1.92 bits per heavy atom. The van der Waals surface area contributed by atoms with E-state index in [4.69, 9.17) is 9.52 Å². The van der Waals surface area contributed by atoms with Crippen molar-refractivity contribution in [3.63, 3.8) is 0 Å². The number of rotatable bonds is 3. The minimum atomic E-state index is -1.28. The first-order chi connectivity index (χ1) is 11.4. The van der Waals surface area contributed by atoms with E-state index in [0.29, 0.717) is 11.3 Å². The van der Waals surface area contributed by atoms with Gasteiger partial charge < -0.3 is 14.8 Å². The maximum absolute atomic E-state index is 12.2. The summed E-state index contributed by atoms with van der Waals surface area (Å²) in [5.74, 6) is -1.90. The first kappa shape index (κ1) is 15.3. The number of carboxylic acid groups (broad SMARTS) is 1. The molecule has 3 rings (SSSR count). The van der Waals surface area contributed by atoms with Gasteiger partial charge in [-0.1, -0.05) is 0 Å². The van der Waals surface area contributed by atoms with E-state index in [1.54, 1.807) is 19.1 Å². The van der Waals surface area contributed by atoms with Crippen LogP contribution in [0.4, 0.5) is 5.69 Å². The molecule has 2 aromatic heterocycles. The normalized spacial score (nSPS) is 10.5. The number of hydrogen-bond donors (Lipinski definition) is 2. The Morgan fingerprint density at radius 3 is 2.67 bits per heavy atom. The van der Waals surface area contributed by atoms with Gasteiger partial charge in [-0.15, -0.1) is 0 Å². The summed E-state index contributed by atoms with van der Waals surface area (Å²) in [6, 6.07) is 6.24. The molecule has 0 saturated carbocycles. The number of benzene rings is 1. The number of amides is 1. The van der Waals surface area contributed by atoms with Gasteiger partial charge in [0.05, 0.1) is 12.4 Å². The van der Waals surface area contributed by atoms with Gasteiger partial charge in [-0.25, -0.2) is 14.6 Å². The van der Waals surface area contributed by atoms with Crippen molar-refractivity contribution in [1.82, 2.24) is 9.97 Å². The Hall–Kier alpha value is -3.55. The Labute approximate surface area is 134 Å². The highest BCUT2D eigenvalue weighted by Gasteiger charge is 2.13. The molecule has 8 nitrogen and oxygen atoms in total. The molecule has 1 amide bonds. The molecule has 0 fully saturated rings. The lowest BCUT2D eigenvalue weighted by molar-refractivity contribution is 0.0690. The highest BCUT2D eigenvalue weighted by Crippen LogP contribution is 2.21. The summed E-state index contributed by atoms with van der Waals surface area (Å²) in [6.07, 6.45) is 2.21. The van der Waals surface area contributed by atoms with Crippen LogP contribution in [0.2, 0.25) is 0 Å². The standard InChI is InChI=1S/C16H11N3O5/c1-8-4-14(20)24-13-5-9(2-3-10(8)13)18-15(21)11-6-17-7-12(19-11)16(22)23/h2-7H,1H3,(H,18,21)(H,22,23). The van der Waals surface area contributed by atoms with Crippen LogP contribution in [0.25, 0.3) is 11.0 Å². The number of nitrogens with one attached hydrogen (secondary N) is 1. The monoisotopic (exact) mass is 325 g/mol. The van der Waals surface area contributed by atoms with Gasteiger partial charge >= 0.3 is 11.6 Å². The molecule has 0 unspecified atom stereocenters. The lowest BCUT2D eigenvalue weighted by Gasteiger charge is -2.06. The Balaban J connectivity index is 1.92. The van der Waals surface area contributed by atoms with E-state index in [1.807, 2.05) is 0 Å². The van der Waals surface area contributed by atoms with Gasteiger partial charge in [0.25, 0.3) is 5.91 Å². The molecule has 0 saturated heterocycles. The number of nitrogens with zero attached hydrogens (tertiary/aromatic N) is 2. The molecule has 0 bridgehead atoms. The molecule has 0 radical (unpaired) electrons. The predicted molar refractivity (Wildman–Crippen MR) is 84.2 cm³/mol. The Bertz CT molecular complexity index is 1030. The molecule has 120 valence electrons. The van der Waals surface area contributed by atoms with E-state index in [1.165, 1.54) is 12.1 Å². The van der Waals surface area contributed by atoms with Gasteiger partial charge in [-0.3, -0.25) is 9.78 Å². The quantitative estimate of drug-likeness (QED) is 0.704. The highest BCUT2D eigenvalue weighted by molar-refractivity contribution is 6.04. The number of aromatic carboxylic acids is 1. The number of carboxylic acids is 1. The molecular formula is C16H11N3O5. The molecule has 2 heterocycles. The van der Waals surface area contributed by atoms with Gasteiger partial charge in [0.2, 0.25) is 0 Å². The van der Waals surface area contributed by atoms with Gasteiger partial charge in [-0.05, 0) is 24.6 Å².